The molecule has 28 heavy (non-hydrogen) atoms. The topological polar surface area (TPSA) is 59.0 Å². The quantitative estimate of drug-likeness (QED) is 0.518. The minimum atomic E-state index is -0.0332. The second-order valence-corrected chi connectivity index (χ2v) is 6.54. The third kappa shape index (κ3) is 4.20. The molecular formula is C23H20N4O. The van der Waals surface area contributed by atoms with Gasteiger partial charge < -0.3 is 4.90 Å². The molecule has 4 rings (SSSR count). The Morgan fingerprint density at radius 1 is 0.786 bits per heavy atom. The van der Waals surface area contributed by atoms with Gasteiger partial charge >= 0.3 is 0 Å². The molecule has 138 valence electrons. The molecule has 2 heterocycles. The summed E-state index contributed by atoms with van der Waals surface area (Å²) in [5, 5.41) is 0. The molecule has 4 aromatic rings. The number of nitrogens with zero attached hydrogens (tertiary/aromatic N) is 4. The molecule has 0 saturated heterocycles. The van der Waals surface area contributed by atoms with Gasteiger partial charge in [0.25, 0.3) is 5.91 Å². The van der Waals surface area contributed by atoms with Gasteiger partial charge in [0.1, 0.15) is 0 Å². The first-order valence-corrected chi connectivity index (χ1v) is 9.23. The molecule has 0 spiro atoms. The molecule has 0 fully saturated rings. The van der Waals surface area contributed by atoms with Gasteiger partial charge in [0.2, 0.25) is 0 Å². The number of benzene rings is 2. The summed E-state index contributed by atoms with van der Waals surface area (Å²) in [7, 11) is 0. The monoisotopic (exact) mass is 368 g/mol. The molecule has 2 aromatic carbocycles. The highest BCUT2D eigenvalue weighted by molar-refractivity contribution is 5.97. The Morgan fingerprint density at radius 3 is 2.36 bits per heavy atom. The maximum atomic E-state index is 13.3. The number of rotatable bonds is 6. The Balaban J connectivity index is 1.59. The van der Waals surface area contributed by atoms with Gasteiger partial charge in [0, 0.05) is 30.7 Å². The minimum absolute atomic E-state index is 0.0332. The Labute approximate surface area is 163 Å². The summed E-state index contributed by atoms with van der Waals surface area (Å²) in [6.45, 7) is 1.07. The van der Waals surface area contributed by atoms with E-state index in [0.29, 0.717) is 24.2 Å². The molecule has 0 atom stereocenters. The highest BCUT2D eigenvalue weighted by atomic mass is 16.2. The predicted octanol–water partition coefficient (Wildman–Crippen LogP) is 3.91. The average Bonchev–Trinajstić information content (AvgIpc) is 2.77. The van der Waals surface area contributed by atoms with Gasteiger partial charge in [-0.05, 0) is 42.3 Å². The molecule has 0 N–H and O–H groups in total. The van der Waals surface area contributed by atoms with E-state index in [2.05, 4.69) is 27.1 Å². The van der Waals surface area contributed by atoms with Gasteiger partial charge in [0.05, 0.1) is 23.3 Å². The molecule has 0 aliphatic carbocycles. The summed E-state index contributed by atoms with van der Waals surface area (Å²) < 4.78 is 0. The van der Waals surface area contributed by atoms with E-state index < -0.39 is 0 Å². The van der Waals surface area contributed by atoms with Crippen molar-refractivity contribution in [2.45, 2.75) is 13.0 Å². The normalized spacial score (nSPS) is 10.7. The zero-order valence-electron chi connectivity index (χ0n) is 15.4. The number of hydrogen-bond donors (Lipinski definition) is 0. The Bertz CT molecular complexity index is 1070. The maximum absolute atomic E-state index is 13.3. The van der Waals surface area contributed by atoms with Gasteiger partial charge in [-0.3, -0.25) is 19.7 Å². The van der Waals surface area contributed by atoms with Crippen LogP contribution >= 0.6 is 0 Å². The van der Waals surface area contributed by atoms with E-state index in [4.69, 9.17) is 0 Å². The molecule has 1 amide bonds. The van der Waals surface area contributed by atoms with Crippen LogP contribution in [0, 0.1) is 0 Å². The highest BCUT2D eigenvalue weighted by Crippen LogP contribution is 2.15. The van der Waals surface area contributed by atoms with Crippen LogP contribution in [0.2, 0.25) is 0 Å². The van der Waals surface area contributed by atoms with Crippen LogP contribution in [0.5, 0.6) is 0 Å². The maximum Gasteiger partial charge on any atom is 0.254 e. The van der Waals surface area contributed by atoms with Gasteiger partial charge in [-0.1, -0.05) is 36.4 Å². The van der Waals surface area contributed by atoms with Gasteiger partial charge in [-0.25, -0.2) is 0 Å². The molecular weight excluding hydrogens is 348 g/mol. The summed E-state index contributed by atoms with van der Waals surface area (Å²) in [5.41, 5.74) is 4.17. The molecule has 0 radical (unpaired) electrons. The van der Waals surface area contributed by atoms with Crippen molar-refractivity contribution < 1.29 is 4.79 Å². The second kappa shape index (κ2) is 8.39. The summed E-state index contributed by atoms with van der Waals surface area (Å²) in [6.07, 6.45) is 5.82. The summed E-state index contributed by atoms with van der Waals surface area (Å²) in [5.74, 6) is -0.0332. The van der Waals surface area contributed by atoms with Crippen LogP contribution in [0.15, 0.2) is 85.3 Å². The minimum Gasteiger partial charge on any atom is -0.332 e. The van der Waals surface area contributed by atoms with Crippen molar-refractivity contribution in [3.63, 3.8) is 0 Å². The smallest absolute Gasteiger partial charge is 0.254 e. The predicted molar refractivity (Wildman–Crippen MR) is 109 cm³/mol. The summed E-state index contributed by atoms with van der Waals surface area (Å²) in [6, 6.07) is 21.4. The van der Waals surface area contributed by atoms with Crippen LogP contribution in [-0.4, -0.2) is 32.3 Å². The van der Waals surface area contributed by atoms with E-state index in [0.717, 1.165) is 17.6 Å². The molecule has 5 nitrogen and oxygen atoms in total. The van der Waals surface area contributed by atoms with Gasteiger partial charge in [-0.15, -0.1) is 0 Å². The lowest BCUT2D eigenvalue weighted by Crippen LogP contribution is -2.32. The molecule has 0 aliphatic rings. The molecule has 0 bridgehead atoms. The van der Waals surface area contributed by atoms with E-state index >= 15 is 0 Å². The SMILES string of the molecule is O=C(c1ccc2nccnc2c1)N(CCc1ccccc1)Cc1ccccn1. The standard InChI is InChI=1S/C23H20N4O/c28-23(19-9-10-21-22(16-19)26-14-13-25-21)27(17-20-8-4-5-12-24-20)15-11-18-6-2-1-3-7-18/h1-10,12-14,16H,11,15,17H2. The van der Waals surface area contributed by atoms with Crippen LogP contribution in [0.1, 0.15) is 21.6 Å². The van der Waals surface area contributed by atoms with Crippen molar-refractivity contribution in [3.05, 3.63) is 102 Å². The third-order valence-corrected chi connectivity index (χ3v) is 4.60. The number of carbonyl (C=O) groups is 1. The molecule has 5 heteroatoms. The summed E-state index contributed by atoms with van der Waals surface area (Å²) in [4.78, 5) is 28.1. The summed E-state index contributed by atoms with van der Waals surface area (Å²) >= 11 is 0. The Kier molecular flexibility index (Phi) is 5.33. The number of aromatic nitrogens is 3. The van der Waals surface area contributed by atoms with Gasteiger partial charge in [0.15, 0.2) is 0 Å². The number of hydrogen-bond acceptors (Lipinski definition) is 4. The first kappa shape index (κ1) is 17.8. The Hall–Kier alpha value is -3.60. The first-order valence-electron chi connectivity index (χ1n) is 9.23. The van der Waals surface area contributed by atoms with Crippen molar-refractivity contribution in [2.75, 3.05) is 6.54 Å². The van der Waals surface area contributed by atoms with Crippen LogP contribution in [0.3, 0.4) is 0 Å². The molecule has 0 aliphatic heterocycles. The van der Waals surface area contributed by atoms with E-state index in [1.807, 2.05) is 53.4 Å². The largest absolute Gasteiger partial charge is 0.332 e. The lowest BCUT2D eigenvalue weighted by molar-refractivity contribution is 0.0743. The first-order chi connectivity index (χ1) is 13.8. The van der Waals surface area contributed by atoms with E-state index in [1.165, 1.54) is 5.56 Å². The highest BCUT2D eigenvalue weighted by Gasteiger charge is 2.17. The molecule has 0 unspecified atom stereocenters. The Morgan fingerprint density at radius 2 is 1.57 bits per heavy atom. The fraction of sp³-hybridized carbons (Fsp3) is 0.130. The van der Waals surface area contributed by atoms with Crippen LogP contribution in [-0.2, 0) is 13.0 Å². The van der Waals surface area contributed by atoms with Crippen molar-refractivity contribution >= 4 is 16.9 Å². The van der Waals surface area contributed by atoms with Crippen molar-refractivity contribution in [1.29, 1.82) is 0 Å². The van der Waals surface area contributed by atoms with Crippen molar-refractivity contribution in [3.8, 4) is 0 Å². The number of carbonyl (C=O) groups excluding carboxylic acids is 1. The number of pyridine rings is 1. The zero-order valence-corrected chi connectivity index (χ0v) is 15.4. The molecule has 2 aromatic heterocycles. The van der Waals surface area contributed by atoms with Gasteiger partial charge in [-0.2, -0.15) is 0 Å². The zero-order chi connectivity index (χ0) is 19.2. The van der Waals surface area contributed by atoms with Crippen LogP contribution < -0.4 is 0 Å². The number of fused-ring (bicyclic) bond motifs is 1. The average molecular weight is 368 g/mol. The van der Waals surface area contributed by atoms with E-state index in [9.17, 15) is 4.79 Å². The fourth-order valence-corrected chi connectivity index (χ4v) is 3.13. The third-order valence-electron chi connectivity index (χ3n) is 4.60. The lowest BCUT2D eigenvalue weighted by atomic mass is 10.1. The van der Waals surface area contributed by atoms with E-state index in [-0.39, 0.29) is 5.91 Å². The van der Waals surface area contributed by atoms with Crippen LogP contribution in [0.25, 0.3) is 11.0 Å². The lowest BCUT2D eigenvalue weighted by Gasteiger charge is -2.23. The number of amides is 1. The van der Waals surface area contributed by atoms with E-state index in [1.54, 1.807) is 24.7 Å². The van der Waals surface area contributed by atoms with Crippen LogP contribution in [0.4, 0.5) is 0 Å². The second-order valence-electron chi connectivity index (χ2n) is 6.54. The molecule has 0 saturated carbocycles. The van der Waals surface area contributed by atoms with Crippen molar-refractivity contribution in [2.24, 2.45) is 0 Å². The fourth-order valence-electron chi connectivity index (χ4n) is 3.13. The van der Waals surface area contributed by atoms with Crippen molar-refractivity contribution in [1.82, 2.24) is 19.9 Å².